The molecule has 1 aromatic heterocycles. The molecule has 0 aliphatic rings. The molecule has 1 radical (unpaired) electrons. The van der Waals surface area contributed by atoms with Gasteiger partial charge in [0, 0.05) is 0 Å². The van der Waals surface area contributed by atoms with Crippen LogP contribution in [-0.4, -0.2) is 15.0 Å². The van der Waals surface area contributed by atoms with Crippen molar-refractivity contribution in [1.29, 1.82) is 0 Å². The molecule has 0 aliphatic carbocycles. The largest absolute Gasteiger partial charge is 0.156 e. The Morgan fingerprint density at radius 2 is 2.33 bits per heavy atom. The van der Waals surface area contributed by atoms with Gasteiger partial charge in [0.1, 0.15) is 6.20 Å². The van der Waals surface area contributed by atoms with Crippen LogP contribution in [0, 0.1) is 13.1 Å². The Labute approximate surface area is 70.6 Å². The summed E-state index contributed by atoms with van der Waals surface area (Å²) in [4.78, 5) is 1.55. The summed E-state index contributed by atoms with van der Waals surface area (Å²) in [6, 6.07) is 8.00. The third-order valence-corrected chi connectivity index (χ3v) is 1.61. The van der Waals surface area contributed by atoms with Crippen molar-refractivity contribution >= 4 is 0 Å². The molecule has 0 bridgehead atoms. The average Bonchev–Trinajstić information content (AvgIpc) is 2.56. The van der Waals surface area contributed by atoms with Gasteiger partial charge >= 0.3 is 0 Å². The molecule has 3 heteroatoms. The molecule has 1 aromatic carbocycles. The third-order valence-electron chi connectivity index (χ3n) is 1.61. The van der Waals surface area contributed by atoms with Crippen LogP contribution in [-0.2, 0) is 0 Å². The van der Waals surface area contributed by atoms with E-state index in [9.17, 15) is 0 Å². The predicted molar refractivity (Wildman–Crippen MR) is 44.9 cm³/mol. The van der Waals surface area contributed by atoms with Crippen molar-refractivity contribution in [3.05, 3.63) is 42.2 Å². The van der Waals surface area contributed by atoms with Crippen LogP contribution in [0.4, 0.5) is 0 Å². The van der Waals surface area contributed by atoms with Crippen LogP contribution in [0.1, 0.15) is 5.56 Å². The van der Waals surface area contributed by atoms with Crippen LogP contribution in [0.3, 0.4) is 0 Å². The van der Waals surface area contributed by atoms with Gasteiger partial charge in [0.15, 0.2) is 0 Å². The molecule has 59 valence electrons. The first-order valence-electron chi connectivity index (χ1n) is 3.72. The van der Waals surface area contributed by atoms with Crippen molar-refractivity contribution in [3.63, 3.8) is 0 Å². The molecular weight excluding hydrogens is 150 g/mol. The van der Waals surface area contributed by atoms with Gasteiger partial charge in [-0.05, 0) is 24.6 Å². The van der Waals surface area contributed by atoms with E-state index in [1.807, 2.05) is 31.2 Å². The standard InChI is InChI=1S/C9H8N3/c1-8-3-2-4-9(7-8)12-10-5-6-11-12/h2-5,7H,1H3. The number of aromatic nitrogens is 3. The summed E-state index contributed by atoms with van der Waals surface area (Å²) in [5.74, 6) is 0. The van der Waals surface area contributed by atoms with Crippen LogP contribution < -0.4 is 0 Å². The van der Waals surface area contributed by atoms with Gasteiger partial charge in [-0.2, -0.15) is 9.90 Å². The molecule has 1 heterocycles. The van der Waals surface area contributed by atoms with E-state index in [2.05, 4.69) is 16.4 Å². The van der Waals surface area contributed by atoms with Crippen molar-refractivity contribution in [2.75, 3.05) is 0 Å². The first-order valence-corrected chi connectivity index (χ1v) is 3.72. The van der Waals surface area contributed by atoms with Gasteiger partial charge in [0.05, 0.1) is 11.9 Å². The van der Waals surface area contributed by atoms with Gasteiger partial charge in [-0.15, -0.1) is 5.10 Å². The maximum Gasteiger partial charge on any atom is 0.135 e. The Balaban J connectivity index is 2.48. The first kappa shape index (κ1) is 7.03. The van der Waals surface area contributed by atoms with Crippen molar-refractivity contribution < 1.29 is 0 Å². The summed E-state index contributed by atoms with van der Waals surface area (Å²) < 4.78 is 0. The molecule has 2 aromatic rings. The molecule has 3 nitrogen and oxygen atoms in total. The van der Waals surface area contributed by atoms with Crippen LogP contribution in [0.5, 0.6) is 0 Å². The van der Waals surface area contributed by atoms with Crippen molar-refractivity contribution in [3.8, 4) is 5.69 Å². The van der Waals surface area contributed by atoms with Gasteiger partial charge in [0.2, 0.25) is 0 Å². The molecule has 0 saturated carbocycles. The minimum atomic E-state index is 0.969. The Morgan fingerprint density at radius 1 is 1.42 bits per heavy atom. The van der Waals surface area contributed by atoms with Crippen LogP contribution in [0.15, 0.2) is 30.5 Å². The maximum atomic E-state index is 3.98. The van der Waals surface area contributed by atoms with Gasteiger partial charge in [0.25, 0.3) is 0 Å². The molecular formula is C9H8N3. The smallest absolute Gasteiger partial charge is 0.135 e. The molecule has 0 amide bonds. The van der Waals surface area contributed by atoms with Crippen LogP contribution >= 0.6 is 0 Å². The number of rotatable bonds is 1. The normalized spacial score (nSPS) is 10.1. The Kier molecular flexibility index (Phi) is 1.63. The summed E-state index contributed by atoms with van der Waals surface area (Å²) >= 11 is 0. The number of hydrogen-bond acceptors (Lipinski definition) is 2. The minimum absolute atomic E-state index is 0.969. The highest BCUT2D eigenvalue weighted by atomic mass is 15.5. The lowest BCUT2D eigenvalue weighted by molar-refractivity contribution is 0.750. The van der Waals surface area contributed by atoms with E-state index >= 15 is 0 Å². The zero-order valence-corrected chi connectivity index (χ0v) is 6.73. The predicted octanol–water partition coefficient (Wildman–Crippen LogP) is 1.38. The van der Waals surface area contributed by atoms with Crippen molar-refractivity contribution in [2.24, 2.45) is 0 Å². The molecule has 12 heavy (non-hydrogen) atoms. The molecule has 0 aliphatic heterocycles. The Hall–Kier alpha value is -1.64. The third kappa shape index (κ3) is 1.21. The highest BCUT2D eigenvalue weighted by Gasteiger charge is 1.95. The van der Waals surface area contributed by atoms with Gasteiger partial charge < -0.3 is 0 Å². The zero-order chi connectivity index (χ0) is 8.39. The van der Waals surface area contributed by atoms with E-state index in [1.165, 1.54) is 5.56 Å². The molecule has 0 atom stereocenters. The number of benzene rings is 1. The highest BCUT2D eigenvalue weighted by molar-refractivity contribution is 5.32. The summed E-state index contributed by atoms with van der Waals surface area (Å²) in [5.41, 5.74) is 2.17. The van der Waals surface area contributed by atoms with E-state index < -0.39 is 0 Å². The van der Waals surface area contributed by atoms with Crippen LogP contribution in [0.25, 0.3) is 5.69 Å². The molecule has 0 saturated heterocycles. The monoisotopic (exact) mass is 158 g/mol. The SMILES string of the molecule is Cc1cccc(-n2n[c]cn2)c1. The lowest BCUT2D eigenvalue weighted by atomic mass is 10.2. The number of hydrogen-bond donors (Lipinski definition) is 0. The van der Waals surface area contributed by atoms with E-state index in [1.54, 1.807) is 11.0 Å². The van der Waals surface area contributed by atoms with E-state index in [0.717, 1.165) is 5.69 Å². The first-order chi connectivity index (χ1) is 5.86. The van der Waals surface area contributed by atoms with Gasteiger partial charge in [-0.1, -0.05) is 12.1 Å². The van der Waals surface area contributed by atoms with Crippen molar-refractivity contribution in [2.45, 2.75) is 6.92 Å². The van der Waals surface area contributed by atoms with Gasteiger partial charge in [-0.3, -0.25) is 0 Å². The summed E-state index contributed by atoms with van der Waals surface area (Å²) in [6.45, 7) is 2.04. The number of aryl methyl sites for hydroxylation is 1. The summed E-state index contributed by atoms with van der Waals surface area (Å²) in [7, 11) is 0. The topological polar surface area (TPSA) is 30.7 Å². The molecule has 0 spiro atoms. The molecule has 0 N–H and O–H groups in total. The fraction of sp³-hybridized carbons (Fsp3) is 0.111. The van der Waals surface area contributed by atoms with Crippen LogP contribution in [0.2, 0.25) is 0 Å². The quantitative estimate of drug-likeness (QED) is 0.627. The van der Waals surface area contributed by atoms with E-state index in [-0.39, 0.29) is 0 Å². The lowest BCUT2D eigenvalue weighted by Crippen LogP contribution is -1.97. The fourth-order valence-electron chi connectivity index (χ4n) is 1.06. The summed E-state index contributed by atoms with van der Waals surface area (Å²) in [6.07, 6.45) is 4.19. The Morgan fingerprint density at radius 3 is 3.00 bits per heavy atom. The fourth-order valence-corrected chi connectivity index (χ4v) is 1.06. The van der Waals surface area contributed by atoms with E-state index in [4.69, 9.17) is 0 Å². The molecule has 0 unspecified atom stereocenters. The summed E-state index contributed by atoms with van der Waals surface area (Å²) in [5, 5.41) is 7.89. The zero-order valence-electron chi connectivity index (χ0n) is 6.73. The van der Waals surface area contributed by atoms with Gasteiger partial charge in [-0.25, -0.2) is 0 Å². The second-order valence-electron chi connectivity index (χ2n) is 2.60. The molecule has 0 fully saturated rings. The second kappa shape index (κ2) is 2.77. The second-order valence-corrected chi connectivity index (χ2v) is 2.60. The average molecular weight is 158 g/mol. The lowest BCUT2D eigenvalue weighted by Gasteiger charge is -1.98. The van der Waals surface area contributed by atoms with Crippen molar-refractivity contribution in [1.82, 2.24) is 15.0 Å². The van der Waals surface area contributed by atoms with E-state index in [0.29, 0.717) is 0 Å². The maximum absolute atomic E-state index is 3.98. The molecule has 2 rings (SSSR count). The highest BCUT2D eigenvalue weighted by Crippen LogP contribution is 2.06. The minimum Gasteiger partial charge on any atom is -0.156 e. The number of nitrogens with zero attached hydrogens (tertiary/aromatic N) is 3. The Bertz CT molecular complexity index is 365.